The Hall–Kier alpha value is -2.65. The first kappa shape index (κ1) is 18.4. The molecule has 2 bridgehead atoms. The Balaban J connectivity index is 1.64. The van der Waals surface area contributed by atoms with E-state index in [1.165, 1.54) is 4.31 Å². The third-order valence-electron chi connectivity index (χ3n) is 5.65. The molecule has 150 valence electrons. The monoisotopic (exact) mass is 419 g/mol. The first-order valence-corrected chi connectivity index (χ1v) is 10.5. The second-order valence-corrected chi connectivity index (χ2v) is 9.15. The second kappa shape index (κ2) is 6.17. The molecule has 3 heterocycles. The van der Waals surface area contributed by atoms with Gasteiger partial charge in [0.05, 0.1) is 22.2 Å². The molecule has 9 heteroatoms. The van der Waals surface area contributed by atoms with E-state index < -0.39 is 27.8 Å². The van der Waals surface area contributed by atoms with Gasteiger partial charge in [-0.2, -0.15) is 22.6 Å². The maximum Gasteiger partial charge on any atom is 0.416 e. The molecule has 29 heavy (non-hydrogen) atoms. The lowest BCUT2D eigenvalue weighted by Gasteiger charge is -2.45. The summed E-state index contributed by atoms with van der Waals surface area (Å²) in [4.78, 5) is -0.146. The average Bonchev–Trinajstić information content (AvgIpc) is 3.15. The number of sulfonamides is 1. The summed E-state index contributed by atoms with van der Waals surface area (Å²) in [5.74, 6) is 0. The summed E-state index contributed by atoms with van der Waals surface area (Å²) in [6.07, 6.45) is -1.84. The van der Waals surface area contributed by atoms with Crippen LogP contribution in [0.3, 0.4) is 0 Å². The molecule has 2 aliphatic heterocycles. The van der Waals surface area contributed by atoms with Crippen LogP contribution in [-0.2, 0) is 29.0 Å². The molecular weight excluding hydrogens is 403 g/mol. The molecule has 2 aromatic carbocycles. The van der Waals surface area contributed by atoms with Crippen LogP contribution in [0.15, 0.2) is 59.6 Å². The minimum absolute atomic E-state index is 0.146. The van der Waals surface area contributed by atoms with Crippen LogP contribution < -0.4 is 0 Å². The largest absolute Gasteiger partial charge is 0.416 e. The van der Waals surface area contributed by atoms with Crippen LogP contribution in [0.25, 0.3) is 0 Å². The molecule has 1 aromatic heterocycles. The molecule has 0 aliphatic carbocycles. The van der Waals surface area contributed by atoms with E-state index >= 15 is 0 Å². The molecule has 0 spiro atoms. The van der Waals surface area contributed by atoms with Crippen molar-refractivity contribution < 1.29 is 21.6 Å². The number of fused-ring (bicyclic) bond motifs is 6. The maximum atomic E-state index is 13.5. The number of hydrogen-bond acceptors (Lipinski definition) is 3. The van der Waals surface area contributed by atoms with Gasteiger partial charge in [0.15, 0.2) is 0 Å². The van der Waals surface area contributed by atoms with E-state index in [0.717, 1.165) is 46.6 Å². The van der Waals surface area contributed by atoms with Crippen LogP contribution in [0.1, 0.15) is 34.0 Å². The fourth-order valence-electron chi connectivity index (χ4n) is 4.37. The van der Waals surface area contributed by atoms with Crippen LogP contribution >= 0.6 is 0 Å². The minimum Gasteiger partial charge on any atom is -0.285 e. The van der Waals surface area contributed by atoms with Gasteiger partial charge < -0.3 is 0 Å². The normalized spacial score (nSPS) is 21.5. The second-order valence-electron chi connectivity index (χ2n) is 7.31. The van der Waals surface area contributed by atoms with Gasteiger partial charge in [-0.25, -0.2) is 8.42 Å². The highest BCUT2D eigenvalue weighted by Crippen LogP contribution is 2.46. The van der Waals surface area contributed by atoms with E-state index in [1.807, 2.05) is 24.3 Å². The molecule has 0 radical (unpaired) electrons. The third kappa shape index (κ3) is 2.79. The van der Waals surface area contributed by atoms with E-state index in [-0.39, 0.29) is 10.9 Å². The summed E-state index contributed by atoms with van der Waals surface area (Å²) < 4.78 is 67.1. The van der Waals surface area contributed by atoms with Crippen molar-refractivity contribution in [2.45, 2.75) is 36.0 Å². The molecule has 0 amide bonds. The lowest BCUT2D eigenvalue weighted by Crippen LogP contribution is -2.51. The average molecular weight is 419 g/mol. The van der Waals surface area contributed by atoms with E-state index in [2.05, 4.69) is 10.2 Å². The van der Waals surface area contributed by atoms with Crippen molar-refractivity contribution in [3.63, 3.8) is 0 Å². The van der Waals surface area contributed by atoms with E-state index in [9.17, 15) is 21.6 Å². The fourth-order valence-corrected chi connectivity index (χ4v) is 6.14. The number of nitrogens with zero attached hydrogens (tertiary/aromatic N) is 2. The number of halogens is 3. The van der Waals surface area contributed by atoms with Crippen LogP contribution in [0.5, 0.6) is 0 Å². The Bertz CT molecular complexity index is 1190. The number of H-pyrrole nitrogens is 1. The van der Waals surface area contributed by atoms with Gasteiger partial charge in [0.1, 0.15) is 0 Å². The summed E-state index contributed by atoms with van der Waals surface area (Å²) in [6, 6.07) is 10.4. The van der Waals surface area contributed by atoms with Gasteiger partial charge in [-0.1, -0.05) is 24.3 Å². The Labute approximate surface area is 165 Å². The Morgan fingerprint density at radius 2 is 1.72 bits per heavy atom. The summed E-state index contributed by atoms with van der Waals surface area (Å²) in [7, 11) is -4.02. The Morgan fingerprint density at radius 1 is 1.00 bits per heavy atom. The van der Waals surface area contributed by atoms with E-state index in [0.29, 0.717) is 12.8 Å². The van der Waals surface area contributed by atoms with Crippen molar-refractivity contribution in [2.75, 3.05) is 0 Å². The number of alkyl halides is 3. The lowest BCUT2D eigenvalue weighted by molar-refractivity contribution is -0.137. The molecule has 5 nitrogen and oxygen atoms in total. The molecule has 0 fully saturated rings. The van der Waals surface area contributed by atoms with Crippen molar-refractivity contribution in [1.82, 2.24) is 14.5 Å². The predicted octanol–water partition coefficient (Wildman–Crippen LogP) is 3.69. The molecule has 2 aliphatic rings. The number of aromatic nitrogens is 2. The van der Waals surface area contributed by atoms with Crippen LogP contribution in [0, 0.1) is 0 Å². The van der Waals surface area contributed by atoms with Gasteiger partial charge in [0.25, 0.3) is 0 Å². The van der Waals surface area contributed by atoms with Gasteiger partial charge >= 0.3 is 6.18 Å². The predicted molar refractivity (Wildman–Crippen MR) is 98.5 cm³/mol. The summed E-state index contributed by atoms with van der Waals surface area (Å²) in [6.45, 7) is 0. The SMILES string of the molecule is O=S(=O)(c1ccc(C(F)(F)F)cc1)N1C2Cc3ccccc3[C@@H]1c1c[nH]nc1C2. The topological polar surface area (TPSA) is 66.1 Å². The van der Waals surface area contributed by atoms with Crippen LogP contribution in [0.4, 0.5) is 13.2 Å². The number of rotatable bonds is 2. The highest BCUT2D eigenvalue weighted by molar-refractivity contribution is 7.89. The number of aromatic amines is 1. The van der Waals surface area contributed by atoms with Gasteiger partial charge in [-0.15, -0.1) is 0 Å². The first-order valence-electron chi connectivity index (χ1n) is 9.08. The Kier molecular flexibility index (Phi) is 3.91. The third-order valence-corrected chi connectivity index (χ3v) is 7.58. The van der Waals surface area contributed by atoms with Crippen molar-refractivity contribution >= 4 is 10.0 Å². The summed E-state index contributed by atoms with van der Waals surface area (Å²) >= 11 is 0. The maximum absolute atomic E-state index is 13.5. The van der Waals surface area contributed by atoms with Crippen molar-refractivity contribution in [2.24, 2.45) is 0 Å². The number of hydrogen-bond donors (Lipinski definition) is 1. The number of nitrogens with one attached hydrogen (secondary N) is 1. The highest BCUT2D eigenvalue weighted by atomic mass is 32.2. The zero-order chi connectivity index (χ0) is 20.4. The molecule has 1 unspecified atom stereocenters. The molecule has 1 N–H and O–H groups in total. The number of benzene rings is 2. The zero-order valence-corrected chi connectivity index (χ0v) is 15.8. The first-order chi connectivity index (χ1) is 13.8. The van der Waals surface area contributed by atoms with Crippen molar-refractivity contribution in [1.29, 1.82) is 0 Å². The summed E-state index contributed by atoms with van der Waals surface area (Å²) in [5.41, 5.74) is 2.69. The van der Waals surface area contributed by atoms with Crippen LogP contribution in [0.2, 0.25) is 0 Å². The van der Waals surface area contributed by atoms with E-state index in [4.69, 9.17) is 0 Å². The Morgan fingerprint density at radius 3 is 2.45 bits per heavy atom. The smallest absolute Gasteiger partial charge is 0.285 e. The molecule has 0 saturated carbocycles. The molecule has 0 saturated heterocycles. The van der Waals surface area contributed by atoms with E-state index in [1.54, 1.807) is 6.20 Å². The van der Waals surface area contributed by atoms with Crippen LogP contribution in [-0.4, -0.2) is 29.0 Å². The minimum atomic E-state index is -4.52. The quantitative estimate of drug-likeness (QED) is 0.689. The molecule has 3 aromatic rings. The van der Waals surface area contributed by atoms with Gasteiger partial charge in [-0.05, 0) is 41.8 Å². The van der Waals surface area contributed by atoms with Gasteiger partial charge in [0.2, 0.25) is 10.0 Å². The lowest BCUT2D eigenvalue weighted by atomic mass is 9.81. The molecule has 2 atom stereocenters. The highest BCUT2D eigenvalue weighted by Gasteiger charge is 2.47. The van der Waals surface area contributed by atoms with Crippen molar-refractivity contribution in [3.8, 4) is 0 Å². The zero-order valence-electron chi connectivity index (χ0n) is 15.0. The molecule has 5 rings (SSSR count). The molecular formula is C20H16F3N3O2S. The van der Waals surface area contributed by atoms with Gasteiger partial charge in [-0.3, -0.25) is 5.10 Å². The summed E-state index contributed by atoms with van der Waals surface area (Å²) in [5, 5.41) is 7.09. The fraction of sp³-hybridized carbons (Fsp3) is 0.250. The standard InChI is InChI=1S/C20H16F3N3O2S/c21-20(22,23)13-5-7-15(8-6-13)29(27,28)26-14-9-12-3-1-2-4-16(12)19(26)17-11-24-25-18(17)10-14/h1-8,11,14,19H,9-10H2,(H,24,25)/t14?,19-/m1/s1. The van der Waals surface area contributed by atoms with Crippen molar-refractivity contribution in [3.05, 3.63) is 82.7 Å². The van der Waals surface area contributed by atoms with Gasteiger partial charge in [0, 0.05) is 24.2 Å².